The minimum atomic E-state index is -0.136. The molecule has 150 valence electrons. The third kappa shape index (κ3) is 3.87. The van der Waals surface area contributed by atoms with Crippen molar-refractivity contribution in [1.82, 2.24) is 24.3 Å². The monoisotopic (exact) mass is 398 g/mol. The summed E-state index contributed by atoms with van der Waals surface area (Å²) in [5.74, 6) is 1.01. The Morgan fingerprint density at radius 3 is 2.80 bits per heavy atom. The summed E-state index contributed by atoms with van der Waals surface area (Å²) in [6.07, 6.45) is 8.73. The number of carbonyl (C=O) groups excluding carboxylic acids is 1. The van der Waals surface area contributed by atoms with Crippen LogP contribution in [0.15, 0.2) is 67.4 Å². The second kappa shape index (κ2) is 7.94. The molecule has 1 aliphatic heterocycles. The molecule has 4 aromatic rings. The number of carbonyl (C=O) groups is 1. The van der Waals surface area contributed by atoms with Gasteiger partial charge >= 0.3 is 0 Å². The molecule has 0 spiro atoms. The molecule has 0 radical (unpaired) electrons. The third-order valence-electron chi connectivity index (χ3n) is 5.35. The zero-order chi connectivity index (χ0) is 20.3. The molecule has 5 rings (SSSR count). The first kappa shape index (κ1) is 18.3. The van der Waals surface area contributed by atoms with E-state index in [1.807, 2.05) is 48.5 Å². The number of nitrogens with one attached hydrogen (secondary N) is 1. The molecule has 0 aliphatic carbocycles. The Bertz CT molecular complexity index is 1140. The fourth-order valence-electron chi connectivity index (χ4n) is 3.77. The van der Waals surface area contributed by atoms with Gasteiger partial charge in [-0.2, -0.15) is 5.10 Å². The Labute approximate surface area is 174 Å². The van der Waals surface area contributed by atoms with Crippen molar-refractivity contribution in [3.05, 3.63) is 84.3 Å². The van der Waals surface area contributed by atoms with Gasteiger partial charge in [-0.15, -0.1) is 0 Å². The number of benzene rings is 2. The molecular weight excluding hydrogens is 376 g/mol. The summed E-state index contributed by atoms with van der Waals surface area (Å²) in [5.41, 5.74) is 4.40. The molecule has 0 atom stereocenters. The average molecular weight is 398 g/mol. The van der Waals surface area contributed by atoms with Crippen LogP contribution in [0.25, 0.3) is 11.3 Å². The smallest absolute Gasteiger partial charge is 0.255 e. The predicted octanol–water partition coefficient (Wildman–Crippen LogP) is 3.78. The number of amides is 1. The van der Waals surface area contributed by atoms with E-state index >= 15 is 0 Å². The zero-order valence-corrected chi connectivity index (χ0v) is 16.5. The summed E-state index contributed by atoms with van der Waals surface area (Å²) in [4.78, 5) is 21.4. The highest BCUT2D eigenvalue weighted by molar-refractivity contribution is 6.04. The zero-order valence-electron chi connectivity index (χ0n) is 16.5. The number of rotatable bonds is 5. The van der Waals surface area contributed by atoms with Gasteiger partial charge in [-0.05, 0) is 42.7 Å². The lowest BCUT2D eigenvalue weighted by Crippen LogP contribution is -2.12. The number of hydrogen-bond donors (Lipinski definition) is 1. The van der Waals surface area contributed by atoms with Gasteiger partial charge in [0, 0.05) is 36.0 Å². The van der Waals surface area contributed by atoms with E-state index in [1.54, 1.807) is 11.0 Å². The first-order valence-corrected chi connectivity index (χ1v) is 10.1. The number of hydrogen-bond acceptors (Lipinski definition) is 4. The first-order chi connectivity index (χ1) is 14.7. The van der Waals surface area contributed by atoms with E-state index in [2.05, 4.69) is 26.2 Å². The fraction of sp³-hybridized carbons (Fsp3) is 0.217. The molecule has 0 saturated carbocycles. The second-order valence-corrected chi connectivity index (χ2v) is 7.52. The molecular formula is C23H22N6O. The highest BCUT2D eigenvalue weighted by Crippen LogP contribution is 2.25. The van der Waals surface area contributed by atoms with Gasteiger partial charge in [-0.1, -0.05) is 24.3 Å². The molecule has 7 nitrogen and oxygen atoms in total. The van der Waals surface area contributed by atoms with Crippen LogP contribution in [-0.4, -0.2) is 30.2 Å². The van der Waals surface area contributed by atoms with Crippen LogP contribution in [0.1, 0.15) is 34.6 Å². The number of aryl methyl sites for hydroxylation is 2. The van der Waals surface area contributed by atoms with E-state index in [0.29, 0.717) is 12.1 Å². The van der Waals surface area contributed by atoms with Crippen molar-refractivity contribution >= 4 is 11.6 Å². The van der Waals surface area contributed by atoms with E-state index in [-0.39, 0.29) is 5.91 Å². The van der Waals surface area contributed by atoms with Gasteiger partial charge in [0.25, 0.3) is 5.91 Å². The van der Waals surface area contributed by atoms with Gasteiger partial charge < -0.3 is 9.88 Å². The van der Waals surface area contributed by atoms with Crippen LogP contribution in [0.3, 0.4) is 0 Å². The van der Waals surface area contributed by atoms with Crippen LogP contribution in [0.4, 0.5) is 5.69 Å². The normalized spacial score (nSPS) is 13.1. The van der Waals surface area contributed by atoms with Gasteiger partial charge in [0.2, 0.25) is 0 Å². The highest BCUT2D eigenvalue weighted by atomic mass is 16.1. The quantitative estimate of drug-likeness (QED) is 0.555. The molecule has 30 heavy (non-hydrogen) atoms. The molecule has 1 N–H and O–H groups in total. The van der Waals surface area contributed by atoms with E-state index in [9.17, 15) is 4.79 Å². The molecule has 2 aromatic heterocycles. The number of nitrogens with zero attached hydrogens (tertiary/aromatic N) is 5. The summed E-state index contributed by atoms with van der Waals surface area (Å²) in [6.45, 7) is 1.66. The first-order valence-electron chi connectivity index (χ1n) is 10.1. The SMILES string of the molecule is O=C(Nc1cccc(-c2cn3c(n2)CCCC3)c1)c1ccc(Cn2cncn2)cc1. The molecule has 1 aliphatic rings. The predicted molar refractivity (Wildman–Crippen MR) is 114 cm³/mol. The fourth-order valence-corrected chi connectivity index (χ4v) is 3.77. The van der Waals surface area contributed by atoms with Crippen molar-refractivity contribution in [3.8, 4) is 11.3 Å². The summed E-state index contributed by atoms with van der Waals surface area (Å²) in [6, 6.07) is 15.4. The van der Waals surface area contributed by atoms with E-state index < -0.39 is 0 Å². The third-order valence-corrected chi connectivity index (χ3v) is 5.35. The lowest BCUT2D eigenvalue weighted by molar-refractivity contribution is 0.102. The van der Waals surface area contributed by atoms with E-state index in [1.165, 1.54) is 19.2 Å². The van der Waals surface area contributed by atoms with Crippen molar-refractivity contribution in [3.63, 3.8) is 0 Å². The number of imidazole rings is 1. The Balaban J connectivity index is 1.29. The van der Waals surface area contributed by atoms with Crippen LogP contribution in [0, 0.1) is 0 Å². The Kier molecular flexibility index (Phi) is 4.85. The molecule has 0 fully saturated rings. The number of anilines is 1. The average Bonchev–Trinajstić information content (AvgIpc) is 3.44. The molecule has 2 aromatic carbocycles. The summed E-state index contributed by atoms with van der Waals surface area (Å²) in [5, 5.41) is 7.09. The van der Waals surface area contributed by atoms with Crippen LogP contribution >= 0.6 is 0 Å². The van der Waals surface area contributed by atoms with Crippen molar-refractivity contribution < 1.29 is 4.79 Å². The van der Waals surface area contributed by atoms with E-state index in [0.717, 1.165) is 41.3 Å². The lowest BCUT2D eigenvalue weighted by Gasteiger charge is -2.11. The Morgan fingerprint density at radius 2 is 2.00 bits per heavy atom. The topological polar surface area (TPSA) is 77.6 Å². The standard InChI is InChI=1S/C23H22N6O/c30-23(18-9-7-17(8-10-18)13-29-16-24-15-25-29)26-20-5-3-4-19(12-20)21-14-28-11-2-1-6-22(28)27-21/h3-5,7-10,12,14-16H,1-2,6,11,13H2,(H,26,30). The van der Waals surface area contributed by atoms with E-state index in [4.69, 9.17) is 4.98 Å². The molecule has 0 bridgehead atoms. The maximum absolute atomic E-state index is 12.7. The summed E-state index contributed by atoms with van der Waals surface area (Å²) in [7, 11) is 0. The highest BCUT2D eigenvalue weighted by Gasteiger charge is 2.14. The van der Waals surface area contributed by atoms with Crippen LogP contribution in [0.2, 0.25) is 0 Å². The number of aromatic nitrogens is 5. The van der Waals surface area contributed by atoms with Crippen LogP contribution in [0.5, 0.6) is 0 Å². The van der Waals surface area contributed by atoms with Gasteiger partial charge in [0.1, 0.15) is 18.5 Å². The maximum atomic E-state index is 12.7. The van der Waals surface area contributed by atoms with Crippen LogP contribution < -0.4 is 5.32 Å². The molecule has 7 heteroatoms. The largest absolute Gasteiger partial charge is 0.334 e. The van der Waals surface area contributed by atoms with Crippen molar-refractivity contribution in [2.24, 2.45) is 0 Å². The summed E-state index contributed by atoms with van der Waals surface area (Å²) < 4.78 is 3.99. The molecule has 3 heterocycles. The minimum Gasteiger partial charge on any atom is -0.334 e. The van der Waals surface area contributed by atoms with Gasteiger partial charge in [-0.25, -0.2) is 14.6 Å². The number of fused-ring (bicyclic) bond motifs is 1. The molecule has 1 amide bonds. The van der Waals surface area contributed by atoms with Crippen molar-refractivity contribution in [2.45, 2.75) is 32.4 Å². The second-order valence-electron chi connectivity index (χ2n) is 7.52. The Morgan fingerprint density at radius 1 is 1.10 bits per heavy atom. The van der Waals surface area contributed by atoms with Crippen molar-refractivity contribution in [1.29, 1.82) is 0 Å². The van der Waals surface area contributed by atoms with Crippen LogP contribution in [-0.2, 0) is 19.5 Å². The Hall–Kier alpha value is -3.74. The maximum Gasteiger partial charge on any atom is 0.255 e. The molecule has 0 unspecified atom stereocenters. The van der Waals surface area contributed by atoms with Gasteiger partial charge in [-0.3, -0.25) is 4.79 Å². The minimum absolute atomic E-state index is 0.136. The van der Waals surface area contributed by atoms with Crippen molar-refractivity contribution in [2.75, 3.05) is 5.32 Å². The van der Waals surface area contributed by atoms with Gasteiger partial charge in [0.05, 0.1) is 12.2 Å². The summed E-state index contributed by atoms with van der Waals surface area (Å²) >= 11 is 0. The lowest BCUT2D eigenvalue weighted by atomic mass is 10.1. The van der Waals surface area contributed by atoms with Gasteiger partial charge in [0.15, 0.2) is 0 Å². The molecule has 0 saturated heterocycles.